The molecule has 4 nitrogen and oxygen atoms in total. The van der Waals surface area contributed by atoms with Crippen molar-refractivity contribution in [1.29, 1.82) is 0 Å². The summed E-state index contributed by atoms with van der Waals surface area (Å²) in [5, 5.41) is 0. The molecule has 0 bridgehead atoms. The number of ether oxygens (including phenoxy) is 2. The highest BCUT2D eigenvalue weighted by molar-refractivity contribution is 7.78. The maximum atomic E-state index is 11.7. The van der Waals surface area contributed by atoms with E-state index in [-0.39, 0.29) is 24.1 Å². The molecule has 1 aliphatic rings. The molecule has 0 aromatic rings. The second kappa shape index (κ2) is 7.14. The summed E-state index contributed by atoms with van der Waals surface area (Å²) in [4.78, 5) is 11.7. The van der Waals surface area contributed by atoms with Crippen LogP contribution in [-0.2, 0) is 14.3 Å². The van der Waals surface area contributed by atoms with Gasteiger partial charge in [0.2, 0.25) is 0 Å². The molecule has 5 heteroatoms. The van der Waals surface area contributed by atoms with Crippen molar-refractivity contribution >= 4 is 18.8 Å². The fourth-order valence-corrected chi connectivity index (χ4v) is 2.07. The van der Waals surface area contributed by atoms with Crippen LogP contribution in [0.1, 0.15) is 39.5 Å². The standard InChI is InChI=1S/C11H21NO3S/c1-8(2)15-11(13)9-4-3-5-10(6-9)14-7-12-16/h8-10,12,16H,3-7H2,1-2H3/t9-,10-/m0/s1. The predicted octanol–water partition coefficient (Wildman–Crippen LogP) is 1.91. The van der Waals surface area contributed by atoms with Crippen molar-refractivity contribution in [2.45, 2.75) is 51.7 Å². The second-order valence-corrected chi connectivity index (χ2v) is 4.76. The summed E-state index contributed by atoms with van der Waals surface area (Å²) in [6.45, 7) is 4.17. The molecule has 94 valence electrons. The summed E-state index contributed by atoms with van der Waals surface area (Å²) < 4.78 is 13.4. The maximum Gasteiger partial charge on any atom is 0.309 e. The van der Waals surface area contributed by atoms with Crippen molar-refractivity contribution in [1.82, 2.24) is 4.72 Å². The van der Waals surface area contributed by atoms with E-state index in [4.69, 9.17) is 9.47 Å². The molecule has 1 N–H and O–H groups in total. The first-order chi connectivity index (χ1) is 7.63. The third-order valence-corrected chi connectivity index (χ3v) is 2.82. The highest BCUT2D eigenvalue weighted by Crippen LogP contribution is 2.27. The van der Waals surface area contributed by atoms with Crippen LogP contribution in [0.5, 0.6) is 0 Å². The molecule has 1 rings (SSSR count). The summed E-state index contributed by atoms with van der Waals surface area (Å²) in [6, 6.07) is 0. The second-order valence-electron chi connectivity index (χ2n) is 4.44. The Balaban J connectivity index is 2.34. The smallest absolute Gasteiger partial charge is 0.309 e. The number of hydrogen-bond donors (Lipinski definition) is 2. The lowest BCUT2D eigenvalue weighted by molar-refractivity contribution is -0.155. The van der Waals surface area contributed by atoms with Gasteiger partial charge in [0.05, 0.1) is 18.1 Å². The third kappa shape index (κ3) is 4.72. The zero-order valence-electron chi connectivity index (χ0n) is 9.94. The molecule has 0 aromatic heterocycles. The van der Waals surface area contributed by atoms with Crippen molar-refractivity contribution in [2.75, 3.05) is 6.73 Å². The Kier molecular flexibility index (Phi) is 6.16. The van der Waals surface area contributed by atoms with Gasteiger partial charge in [0.25, 0.3) is 0 Å². The molecule has 0 aliphatic heterocycles. The van der Waals surface area contributed by atoms with E-state index in [1.807, 2.05) is 13.8 Å². The zero-order chi connectivity index (χ0) is 12.0. The van der Waals surface area contributed by atoms with Crippen LogP contribution >= 0.6 is 12.8 Å². The Bertz CT molecular complexity index is 223. The van der Waals surface area contributed by atoms with E-state index in [1.165, 1.54) is 0 Å². The van der Waals surface area contributed by atoms with Crippen LogP contribution in [-0.4, -0.2) is 24.9 Å². The Hall–Kier alpha value is -0.260. The molecular weight excluding hydrogens is 226 g/mol. The number of carbonyl (C=O) groups excluding carboxylic acids is 1. The van der Waals surface area contributed by atoms with Gasteiger partial charge in [-0.2, -0.15) is 0 Å². The van der Waals surface area contributed by atoms with Crippen molar-refractivity contribution in [3.8, 4) is 0 Å². The minimum atomic E-state index is -0.0814. The number of rotatable bonds is 5. The first kappa shape index (κ1) is 13.8. The Morgan fingerprint density at radius 3 is 2.88 bits per heavy atom. The molecule has 0 spiro atoms. The molecule has 2 atom stereocenters. The molecule has 0 heterocycles. The van der Waals surface area contributed by atoms with Gasteiger partial charge in [-0.15, -0.1) is 0 Å². The van der Waals surface area contributed by atoms with Crippen molar-refractivity contribution in [2.24, 2.45) is 5.92 Å². The number of hydrogen-bond acceptors (Lipinski definition) is 5. The summed E-state index contributed by atoms with van der Waals surface area (Å²) in [7, 11) is 0. The van der Waals surface area contributed by atoms with Gasteiger partial charge in [-0.3, -0.25) is 4.79 Å². The van der Waals surface area contributed by atoms with Crippen LogP contribution < -0.4 is 4.72 Å². The topological polar surface area (TPSA) is 47.6 Å². The van der Waals surface area contributed by atoms with Crippen LogP contribution in [0.15, 0.2) is 0 Å². The number of nitrogens with one attached hydrogen (secondary N) is 1. The minimum Gasteiger partial charge on any atom is -0.463 e. The van der Waals surface area contributed by atoms with Crippen molar-refractivity contribution in [3.63, 3.8) is 0 Å². The highest BCUT2D eigenvalue weighted by atomic mass is 32.1. The fourth-order valence-electron chi connectivity index (χ4n) is 1.99. The molecule has 1 aliphatic carbocycles. The van der Waals surface area contributed by atoms with Gasteiger partial charge < -0.3 is 9.47 Å². The summed E-state index contributed by atoms with van der Waals surface area (Å²) in [6.07, 6.45) is 3.84. The van der Waals surface area contributed by atoms with E-state index < -0.39 is 0 Å². The molecule has 0 unspecified atom stereocenters. The normalized spacial score (nSPS) is 25.8. The average molecular weight is 247 g/mol. The summed E-state index contributed by atoms with van der Waals surface area (Å²) in [5.41, 5.74) is 0. The number of esters is 1. The van der Waals surface area contributed by atoms with Gasteiger partial charge in [-0.25, -0.2) is 4.72 Å². The van der Waals surface area contributed by atoms with Gasteiger partial charge in [0.15, 0.2) is 0 Å². The number of carbonyl (C=O) groups is 1. The van der Waals surface area contributed by atoms with E-state index in [1.54, 1.807) is 0 Å². The monoisotopic (exact) mass is 247 g/mol. The van der Waals surface area contributed by atoms with Gasteiger partial charge in [-0.1, -0.05) is 19.2 Å². The average Bonchev–Trinajstić information content (AvgIpc) is 2.26. The van der Waals surface area contributed by atoms with Crippen LogP contribution in [0, 0.1) is 5.92 Å². The molecule has 0 aromatic carbocycles. The Morgan fingerprint density at radius 2 is 2.25 bits per heavy atom. The lowest BCUT2D eigenvalue weighted by atomic mass is 9.87. The highest BCUT2D eigenvalue weighted by Gasteiger charge is 2.29. The van der Waals surface area contributed by atoms with Gasteiger partial charge in [0, 0.05) is 0 Å². The maximum absolute atomic E-state index is 11.7. The molecule has 1 saturated carbocycles. The summed E-state index contributed by atoms with van der Waals surface area (Å²) >= 11 is 3.86. The first-order valence-corrected chi connectivity index (χ1v) is 6.27. The minimum absolute atomic E-state index is 0.000988. The first-order valence-electron chi connectivity index (χ1n) is 5.82. The van der Waals surface area contributed by atoms with E-state index in [0.29, 0.717) is 6.73 Å². The van der Waals surface area contributed by atoms with Crippen molar-refractivity contribution < 1.29 is 14.3 Å². The van der Waals surface area contributed by atoms with E-state index in [9.17, 15) is 4.79 Å². The predicted molar refractivity (Wildman–Crippen MR) is 65.0 cm³/mol. The van der Waals surface area contributed by atoms with Crippen LogP contribution in [0.3, 0.4) is 0 Å². The largest absolute Gasteiger partial charge is 0.463 e. The molecular formula is C11H21NO3S. The van der Waals surface area contributed by atoms with Crippen LogP contribution in [0.2, 0.25) is 0 Å². The Labute approximate surface area is 103 Å². The molecule has 0 radical (unpaired) electrons. The lowest BCUT2D eigenvalue weighted by Crippen LogP contribution is -2.31. The van der Waals surface area contributed by atoms with E-state index in [2.05, 4.69) is 17.5 Å². The van der Waals surface area contributed by atoms with Crippen LogP contribution in [0.25, 0.3) is 0 Å². The molecule has 1 fully saturated rings. The van der Waals surface area contributed by atoms with Crippen molar-refractivity contribution in [3.05, 3.63) is 0 Å². The molecule has 0 saturated heterocycles. The van der Waals surface area contributed by atoms with Gasteiger partial charge in [0.1, 0.15) is 6.73 Å². The van der Waals surface area contributed by atoms with E-state index in [0.717, 1.165) is 25.7 Å². The number of thiol groups is 1. The van der Waals surface area contributed by atoms with E-state index >= 15 is 0 Å². The zero-order valence-corrected chi connectivity index (χ0v) is 10.8. The summed E-state index contributed by atoms with van der Waals surface area (Å²) in [5.74, 6) is -0.0804. The fraction of sp³-hybridized carbons (Fsp3) is 0.909. The van der Waals surface area contributed by atoms with Crippen LogP contribution in [0.4, 0.5) is 0 Å². The third-order valence-electron chi connectivity index (χ3n) is 2.69. The molecule has 0 amide bonds. The quantitative estimate of drug-likeness (QED) is 0.442. The van der Waals surface area contributed by atoms with Gasteiger partial charge >= 0.3 is 5.97 Å². The molecule has 16 heavy (non-hydrogen) atoms. The Morgan fingerprint density at radius 1 is 1.50 bits per heavy atom. The van der Waals surface area contributed by atoms with Gasteiger partial charge in [-0.05, 0) is 33.1 Å². The lowest BCUT2D eigenvalue weighted by Gasteiger charge is -2.28. The SMILES string of the molecule is CC(C)OC(=O)[C@H]1CCC[C@H](OCNS)C1.